The molecule has 12 nitrogen and oxygen atoms in total. The maximum Gasteiger partial charge on any atom is 0.336 e. The number of aromatic nitrogens is 1. The molecule has 0 saturated carbocycles. The number of aliphatic hydroxyl groups is 1. The Morgan fingerprint density at radius 3 is 2.29 bits per heavy atom. The second-order valence-corrected chi connectivity index (χ2v) is 11.7. The molecule has 42 heavy (non-hydrogen) atoms. The second-order valence-electron chi connectivity index (χ2n) is 11.0. The van der Waals surface area contributed by atoms with Crippen molar-refractivity contribution in [1.82, 2.24) is 14.8 Å². The molecule has 0 radical (unpaired) electrons. The van der Waals surface area contributed by atoms with Crippen LogP contribution in [0.4, 0.5) is 0 Å². The van der Waals surface area contributed by atoms with Crippen LogP contribution in [-0.4, -0.2) is 105 Å². The lowest BCUT2D eigenvalue weighted by molar-refractivity contribution is -0.170. The summed E-state index contributed by atoms with van der Waals surface area (Å²) in [5.74, 6) is -4.88. The Morgan fingerprint density at radius 2 is 1.74 bits per heavy atom. The van der Waals surface area contributed by atoms with Crippen LogP contribution in [0.3, 0.4) is 0 Å². The predicted octanol–water partition coefficient (Wildman–Crippen LogP) is 2.10. The molecule has 1 fully saturated rings. The molecular formula is C29H39N3O9S. The van der Waals surface area contributed by atoms with Crippen LogP contribution in [0.5, 0.6) is 0 Å². The number of fused-ring (bicyclic) bond motifs is 2. The highest BCUT2D eigenvalue weighted by molar-refractivity contribution is 7.07. The van der Waals surface area contributed by atoms with Crippen molar-refractivity contribution in [1.29, 1.82) is 0 Å². The zero-order valence-electron chi connectivity index (χ0n) is 23.9. The van der Waals surface area contributed by atoms with E-state index in [1.165, 1.54) is 11.1 Å². The lowest BCUT2D eigenvalue weighted by Gasteiger charge is -2.43. The third-order valence-corrected chi connectivity index (χ3v) is 8.27. The van der Waals surface area contributed by atoms with E-state index < -0.39 is 36.4 Å². The summed E-state index contributed by atoms with van der Waals surface area (Å²) in [4.78, 5) is 51.8. The number of hydrogen-bond donors (Lipinski definition) is 4. The second kappa shape index (κ2) is 14.7. The van der Waals surface area contributed by atoms with E-state index in [1.807, 2.05) is 19.6 Å². The molecule has 4 N–H and O–H groups in total. The third-order valence-electron chi connectivity index (χ3n) is 7.63. The lowest BCUT2D eigenvalue weighted by Crippen LogP contribution is -2.47. The van der Waals surface area contributed by atoms with Gasteiger partial charge in [0.2, 0.25) is 5.91 Å². The van der Waals surface area contributed by atoms with Crippen LogP contribution in [0.1, 0.15) is 48.9 Å². The number of carbonyl (C=O) groups is 4. The fourth-order valence-corrected chi connectivity index (χ4v) is 6.08. The van der Waals surface area contributed by atoms with Crippen molar-refractivity contribution >= 4 is 35.2 Å². The van der Waals surface area contributed by atoms with Gasteiger partial charge in [-0.1, -0.05) is 24.3 Å². The molecule has 2 aromatic rings. The molecule has 2 aliphatic rings. The first-order valence-electron chi connectivity index (χ1n) is 13.8. The SMILES string of the molecule is CN(C)C(=O)C(Cc1cscn1)CN1CCC2(CC1)OCCCc1ccccc12.O=C(O)CC(O)(CC(=O)O)C(=O)O. The van der Waals surface area contributed by atoms with Gasteiger partial charge in [-0.15, -0.1) is 11.3 Å². The lowest BCUT2D eigenvalue weighted by atomic mass is 9.81. The van der Waals surface area contributed by atoms with Crippen LogP contribution in [0.25, 0.3) is 0 Å². The Labute approximate surface area is 248 Å². The van der Waals surface area contributed by atoms with Gasteiger partial charge in [0.05, 0.1) is 35.6 Å². The number of carboxylic acids is 3. The van der Waals surface area contributed by atoms with Crippen molar-refractivity contribution in [2.45, 2.75) is 56.1 Å². The van der Waals surface area contributed by atoms with Gasteiger partial charge in [-0.05, 0) is 36.8 Å². The summed E-state index contributed by atoms with van der Waals surface area (Å²) in [5.41, 5.74) is 2.81. The van der Waals surface area contributed by atoms with Gasteiger partial charge < -0.3 is 35.0 Å². The van der Waals surface area contributed by atoms with E-state index >= 15 is 0 Å². The molecule has 13 heteroatoms. The molecule has 1 aromatic heterocycles. The Morgan fingerprint density at radius 1 is 1.10 bits per heavy atom. The van der Waals surface area contributed by atoms with Crippen LogP contribution in [0, 0.1) is 5.92 Å². The molecule has 230 valence electrons. The maximum absolute atomic E-state index is 12.8. The molecule has 1 amide bonds. The molecule has 1 saturated heterocycles. The summed E-state index contributed by atoms with van der Waals surface area (Å²) >= 11 is 1.59. The van der Waals surface area contributed by atoms with E-state index in [1.54, 1.807) is 16.2 Å². The van der Waals surface area contributed by atoms with Crippen LogP contribution in [-0.2, 0) is 42.4 Å². The fourth-order valence-electron chi connectivity index (χ4n) is 5.51. The number of carboxylic acid groups (broad SMARTS) is 3. The predicted molar refractivity (Wildman–Crippen MR) is 153 cm³/mol. The third kappa shape index (κ3) is 8.81. The minimum atomic E-state index is -2.74. The minimum Gasteiger partial charge on any atom is -0.481 e. The average Bonchev–Trinajstić information content (AvgIpc) is 3.37. The smallest absolute Gasteiger partial charge is 0.336 e. The van der Waals surface area contributed by atoms with E-state index in [0.29, 0.717) is 6.42 Å². The fraction of sp³-hybridized carbons (Fsp3) is 0.552. The highest BCUT2D eigenvalue weighted by atomic mass is 32.1. The number of thiazole rings is 1. The highest BCUT2D eigenvalue weighted by Crippen LogP contribution is 2.41. The number of benzene rings is 1. The van der Waals surface area contributed by atoms with E-state index in [4.69, 9.17) is 25.2 Å². The van der Waals surface area contributed by atoms with Gasteiger partial charge in [-0.2, -0.15) is 0 Å². The first kappa shape index (κ1) is 33.1. The van der Waals surface area contributed by atoms with E-state index in [-0.39, 0.29) is 17.4 Å². The number of aryl methyl sites for hydroxylation is 1. The Hall–Kier alpha value is -3.39. The molecular weight excluding hydrogens is 566 g/mol. The number of piperidine rings is 1. The standard InChI is InChI=1S/C23H31N3O2S.C6H8O7/c1-25(2)22(27)19(14-20-16-29-17-24-20)15-26-11-9-23(10-12-26)21-8-4-3-6-18(21)7-5-13-28-23;7-3(8)1-6(13,5(11)12)2-4(9)10/h3-4,6,8,16-17,19H,5,7,9-15H2,1-2H3;13H,1-2H2,(H,7,8)(H,9,10)(H,11,12). The minimum absolute atomic E-state index is 0.0523. The number of carbonyl (C=O) groups excluding carboxylic acids is 1. The van der Waals surface area contributed by atoms with Gasteiger partial charge in [0.25, 0.3) is 0 Å². The number of aliphatic carboxylic acids is 3. The number of likely N-dealkylation sites (tertiary alicyclic amines) is 1. The van der Waals surface area contributed by atoms with Crippen LogP contribution >= 0.6 is 11.3 Å². The largest absolute Gasteiger partial charge is 0.481 e. The average molecular weight is 606 g/mol. The quantitative estimate of drug-likeness (QED) is 0.312. The van der Waals surface area contributed by atoms with E-state index in [2.05, 4.69) is 39.5 Å². The molecule has 1 atom stereocenters. The van der Waals surface area contributed by atoms with Gasteiger partial charge >= 0.3 is 17.9 Å². The first-order valence-corrected chi connectivity index (χ1v) is 14.7. The molecule has 1 aromatic carbocycles. The monoisotopic (exact) mass is 605 g/mol. The molecule has 3 heterocycles. The number of rotatable bonds is 10. The van der Waals surface area contributed by atoms with Crippen molar-refractivity contribution in [3.8, 4) is 0 Å². The molecule has 0 aliphatic carbocycles. The number of amides is 1. The molecule has 2 aliphatic heterocycles. The Bertz CT molecular complexity index is 1210. The molecule has 1 spiro atoms. The number of hydrogen-bond acceptors (Lipinski definition) is 9. The van der Waals surface area contributed by atoms with Crippen molar-refractivity contribution in [2.75, 3.05) is 40.3 Å². The van der Waals surface area contributed by atoms with Gasteiger partial charge in [-0.25, -0.2) is 9.78 Å². The zero-order chi connectivity index (χ0) is 30.9. The Balaban J connectivity index is 0.000000316. The normalized spacial score (nSPS) is 17.2. The summed E-state index contributed by atoms with van der Waals surface area (Å²) in [6.45, 7) is 3.54. The number of ether oxygens (including phenoxy) is 1. The van der Waals surface area contributed by atoms with Crippen molar-refractivity contribution < 1.29 is 44.3 Å². The van der Waals surface area contributed by atoms with Gasteiger partial charge in [0, 0.05) is 52.1 Å². The van der Waals surface area contributed by atoms with Gasteiger partial charge in [-0.3, -0.25) is 14.4 Å². The number of nitrogens with zero attached hydrogens (tertiary/aromatic N) is 3. The molecule has 0 bridgehead atoms. The summed E-state index contributed by atoms with van der Waals surface area (Å²) in [6.07, 6.45) is 2.60. The molecule has 4 rings (SSSR count). The molecule has 1 unspecified atom stereocenters. The summed E-state index contributed by atoms with van der Waals surface area (Å²) in [5, 5.41) is 35.9. The van der Waals surface area contributed by atoms with Crippen LogP contribution < -0.4 is 0 Å². The van der Waals surface area contributed by atoms with E-state index in [9.17, 15) is 19.2 Å². The first-order chi connectivity index (χ1) is 19.8. The topological polar surface area (TPSA) is 178 Å². The zero-order valence-corrected chi connectivity index (χ0v) is 24.7. The summed E-state index contributed by atoms with van der Waals surface area (Å²) in [6, 6.07) is 8.80. The van der Waals surface area contributed by atoms with E-state index in [0.717, 1.165) is 57.6 Å². The Kier molecular flexibility index (Phi) is 11.6. The van der Waals surface area contributed by atoms with Gasteiger partial charge in [0.1, 0.15) is 0 Å². The summed E-state index contributed by atoms with van der Waals surface area (Å²) < 4.78 is 6.47. The van der Waals surface area contributed by atoms with Gasteiger partial charge in [0.15, 0.2) is 5.60 Å². The van der Waals surface area contributed by atoms with Crippen molar-refractivity contribution in [2.24, 2.45) is 5.92 Å². The van der Waals surface area contributed by atoms with Crippen LogP contribution in [0.15, 0.2) is 35.2 Å². The maximum atomic E-state index is 12.8. The van der Waals surface area contributed by atoms with Crippen molar-refractivity contribution in [3.63, 3.8) is 0 Å². The highest BCUT2D eigenvalue weighted by Gasteiger charge is 2.41. The van der Waals surface area contributed by atoms with Crippen LogP contribution in [0.2, 0.25) is 0 Å². The summed E-state index contributed by atoms with van der Waals surface area (Å²) in [7, 11) is 3.69. The van der Waals surface area contributed by atoms with Crippen molar-refractivity contribution in [3.05, 3.63) is 52.0 Å².